The summed E-state index contributed by atoms with van der Waals surface area (Å²) >= 11 is 5.16. The van der Waals surface area contributed by atoms with Gasteiger partial charge in [0.1, 0.15) is 5.82 Å². The van der Waals surface area contributed by atoms with Gasteiger partial charge in [-0.3, -0.25) is 4.79 Å². The molecule has 20 heavy (non-hydrogen) atoms. The van der Waals surface area contributed by atoms with Crippen LogP contribution in [0.2, 0.25) is 0 Å². The average molecular weight is 355 g/mol. The van der Waals surface area contributed by atoms with Gasteiger partial charge in [0.05, 0.1) is 3.79 Å². The lowest BCUT2D eigenvalue weighted by Gasteiger charge is -2.09. The van der Waals surface area contributed by atoms with E-state index in [4.69, 9.17) is 0 Å². The number of carbonyl (C=O) groups is 1. The first kappa shape index (κ1) is 14.9. The summed E-state index contributed by atoms with van der Waals surface area (Å²) in [6.07, 6.45) is 0.927. The molecule has 0 spiro atoms. The zero-order valence-corrected chi connectivity index (χ0v) is 13.7. The van der Waals surface area contributed by atoms with Gasteiger partial charge in [-0.2, -0.15) is 0 Å². The highest BCUT2D eigenvalue weighted by atomic mass is 79.9. The van der Waals surface area contributed by atoms with Crippen molar-refractivity contribution >= 4 is 39.0 Å². The quantitative estimate of drug-likeness (QED) is 0.896. The van der Waals surface area contributed by atoms with Crippen molar-refractivity contribution in [3.63, 3.8) is 0 Å². The Labute approximate surface area is 130 Å². The molecule has 0 fully saturated rings. The molecule has 0 aliphatic rings. The van der Waals surface area contributed by atoms with Crippen LogP contribution < -0.4 is 5.32 Å². The minimum Gasteiger partial charge on any atom is -0.368 e. The van der Waals surface area contributed by atoms with Crippen molar-refractivity contribution in [1.29, 1.82) is 0 Å². The number of hydrogen-bond donors (Lipinski definition) is 1. The Balaban J connectivity index is 1.86. The van der Waals surface area contributed by atoms with E-state index in [9.17, 15) is 4.79 Å². The number of nitrogens with zero attached hydrogens (tertiary/aromatic N) is 3. The first-order chi connectivity index (χ1) is 9.56. The molecule has 0 saturated carbocycles. The second kappa shape index (κ2) is 6.81. The Morgan fingerprint density at radius 2 is 2.10 bits per heavy atom. The van der Waals surface area contributed by atoms with Crippen LogP contribution in [0.4, 0.5) is 5.82 Å². The molecular formula is C13H15BrN4OS. The number of carbonyl (C=O) groups excluding carboxylic acids is 1. The summed E-state index contributed by atoms with van der Waals surface area (Å²) in [5.41, 5.74) is 0.350. The van der Waals surface area contributed by atoms with E-state index in [0.717, 1.165) is 16.8 Å². The fourth-order valence-electron chi connectivity index (χ4n) is 1.57. The van der Waals surface area contributed by atoms with E-state index < -0.39 is 0 Å². The zero-order valence-electron chi connectivity index (χ0n) is 11.3. The highest BCUT2D eigenvalue weighted by Gasteiger charge is 2.09. The lowest BCUT2D eigenvalue weighted by atomic mass is 10.3. The van der Waals surface area contributed by atoms with E-state index in [0.29, 0.717) is 11.5 Å². The lowest BCUT2D eigenvalue weighted by molar-refractivity contribution is 0.0821. The zero-order chi connectivity index (χ0) is 14.5. The second-order valence-electron chi connectivity index (χ2n) is 4.39. The van der Waals surface area contributed by atoms with Gasteiger partial charge in [-0.1, -0.05) is 0 Å². The third-order valence-corrected chi connectivity index (χ3v) is 4.28. The van der Waals surface area contributed by atoms with Gasteiger partial charge in [-0.15, -0.1) is 21.5 Å². The van der Waals surface area contributed by atoms with Gasteiger partial charge in [0.25, 0.3) is 5.91 Å². The monoisotopic (exact) mass is 354 g/mol. The van der Waals surface area contributed by atoms with Gasteiger partial charge >= 0.3 is 0 Å². The minimum atomic E-state index is -0.146. The van der Waals surface area contributed by atoms with Crippen molar-refractivity contribution in [2.24, 2.45) is 0 Å². The standard InChI is InChI=1S/C13H15BrN4OS/c1-18(2)13(19)10-4-6-12(17-16-10)15-8-7-9-3-5-11(14)20-9/h3-6H,7-8H2,1-2H3,(H,15,17). The normalized spacial score (nSPS) is 10.3. The molecule has 2 aromatic rings. The van der Waals surface area contributed by atoms with E-state index >= 15 is 0 Å². The van der Waals surface area contributed by atoms with Crippen molar-refractivity contribution in [3.8, 4) is 0 Å². The fourth-order valence-corrected chi connectivity index (χ4v) is 3.05. The van der Waals surface area contributed by atoms with Crippen LogP contribution >= 0.6 is 27.3 Å². The number of halogens is 1. The van der Waals surface area contributed by atoms with E-state index in [1.807, 2.05) is 6.07 Å². The second-order valence-corrected chi connectivity index (χ2v) is 6.93. The van der Waals surface area contributed by atoms with Crippen molar-refractivity contribution in [3.05, 3.63) is 38.6 Å². The maximum absolute atomic E-state index is 11.7. The van der Waals surface area contributed by atoms with Crippen molar-refractivity contribution in [1.82, 2.24) is 15.1 Å². The maximum atomic E-state index is 11.7. The van der Waals surface area contributed by atoms with Crippen molar-refractivity contribution in [2.45, 2.75) is 6.42 Å². The SMILES string of the molecule is CN(C)C(=O)c1ccc(NCCc2ccc(Br)s2)nn1. The van der Waals surface area contributed by atoms with Crippen LogP contribution in [0.5, 0.6) is 0 Å². The summed E-state index contributed by atoms with van der Waals surface area (Å²) < 4.78 is 1.14. The predicted molar refractivity (Wildman–Crippen MR) is 84.3 cm³/mol. The van der Waals surface area contributed by atoms with Crippen LogP contribution in [0.15, 0.2) is 28.1 Å². The minimum absolute atomic E-state index is 0.146. The number of thiophene rings is 1. The Kier molecular flexibility index (Phi) is 5.08. The predicted octanol–water partition coefficient (Wildman–Crippen LogP) is 2.66. The number of nitrogens with one attached hydrogen (secondary N) is 1. The molecule has 0 unspecified atom stereocenters. The number of aromatic nitrogens is 2. The first-order valence-corrected chi connectivity index (χ1v) is 7.70. The van der Waals surface area contributed by atoms with Crippen LogP contribution in [0.1, 0.15) is 15.4 Å². The Bertz CT molecular complexity index is 582. The van der Waals surface area contributed by atoms with Gasteiger partial charge in [0.15, 0.2) is 5.69 Å². The Hall–Kier alpha value is -1.47. The topological polar surface area (TPSA) is 58.1 Å². The molecular weight excluding hydrogens is 340 g/mol. The Morgan fingerprint density at radius 3 is 2.65 bits per heavy atom. The highest BCUT2D eigenvalue weighted by Crippen LogP contribution is 2.22. The summed E-state index contributed by atoms with van der Waals surface area (Å²) in [7, 11) is 3.38. The molecule has 106 valence electrons. The number of anilines is 1. The molecule has 0 saturated heterocycles. The summed E-state index contributed by atoms with van der Waals surface area (Å²) in [6, 6.07) is 7.59. The average Bonchev–Trinajstić information content (AvgIpc) is 2.84. The highest BCUT2D eigenvalue weighted by molar-refractivity contribution is 9.11. The third kappa shape index (κ3) is 4.01. The van der Waals surface area contributed by atoms with E-state index in [2.05, 4.69) is 37.5 Å². The molecule has 1 N–H and O–H groups in total. The van der Waals surface area contributed by atoms with Gasteiger partial charge in [-0.05, 0) is 46.6 Å². The lowest BCUT2D eigenvalue weighted by Crippen LogP contribution is -2.23. The molecule has 1 amide bonds. The molecule has 0 aliphatic carbocycles. The van der Waals surface area contributed by atoms with Gasteiger partial charge in [0, 0.05) is 25.5 Å². The Morgan fingerprint density at radius 1 is 1.30 bits per heavy atom. The van der Waals surface area contributed by atoms with Crippen LogP contribution in [-0.4, -0.2) is 41.6 Å². The number of rotatable bonds is 5. The van der Waals surface area contributed by atoms with Gasteiger partial charge in [-0.25, -0.2) is 0 Å². The molecule has 5 nitrogen and oxygen atoms in total. The summed E-state index contributed by atoms with van der Waals surface area (Å²) in [5.74, 6) is 0.531. The van der Waals surface area contributed by atoms with Crippen LogP contribution in [-0.2, 0) is 6.42 Å². The molecule has 0 atom stereocenters. The van der Waals surface area contributed by atoms with Gasteiger partial charge < -0.3 is 10.2 Å². The van der Waals surface area contributed by atoms with Crippen LogP contribution in [0.25, 0.3) is 0 Å². The summed E-state index contributed by atoms with van der Waals surface area (Å²) in [4.78, 5) is 14.4. The smallest absolute Gasteiger partial charge is 0.273 e. The molecule has 0 bridgehead atoms. The number of amides is 1. The van der Waals surface area contributed by atoms with E-state index in [1.54, 1.807) is 37.6 Å². The molecule has 2 aromatic heterocycles. The van der Waals surface area contributed by atoms with E-state index in [1.165, 1.54) is 9.78 Å². The van der Waals surface area contributed by atoms with Crippen molar-refractivity contribution < 1.29 is 4.79 Å². The summed E-state index contributed by atoms with van der Waals surface area (Å²) in [5, 5.41) is 11.1. The number of hydrogen-bond acceptors (Lipinski definition) is 5. The molecule has 0 radical (unpaired) electrons. The van der Waals surface area contributed by atoms with Crippen LogP contribution in [0, 0.1) is 0 Å². The molecule has 0 aliphatic heterocycles. The molecule has 7 heteroatoms. The molecule has 2 heterocycles. The first-order valence-electron chi connectivity index (χ1n) is 6.10. The van der Waals surface area contributed by atoms with E-state index in [-0.39, 0.29) is 5.91 Å². The molecule has 0 aromatic carbocycles. The van der Waals surface area contributed by atoms with Crippen molar-refractivity contribution in [2.75, 3.05) is 26.0 Å². The summed E-state index contributed by atoms with van der Waals surface area (Å²) in [6.45, 7) is 0.780. The van der Waals surface area contributed by atoms with Crippen LogP contribution in [0.3, 0.4) is 0 Å². The van der Waals surface area contributed by atoms with Gasteiger partial charge in [0.2, 0.25) is 0 Å². The third-order valence-electron chi connectivity index (χ3n) is 2.60. The maximum Gasteiger partial charge on any atom is 0.273 e. The molecule has 2 rings (SSSR count). The fraction of sp³-hybridized carbons (Fsp3) is 0.308. The largest absolute Gasteiger partial charge is 0.368 e.